The van der Waals surface area contributed by atoms with Crippen molar-refractivity contribution in [3.05, 3.63) is 101 Å². The predicted molar refractivity (Wildman–Crippen MR) is 160 cm³/mol. The molecule has 8 nitrogen and oxygen atoms in total. The Kier molecular flexibility index (Phi) is 11.0. The van der Waals surface area contributed by atoms with Crippen molar-refractivity contribution < 1.29 is 18.3 Å². The second-order valence-electron chi connectivity index (χ2n) is 10.4. The van der Waals surface area contributed by atoms with Crippen molar-refractivity contribution in [2.24, 2.45) is 16.6 Å². The van der Waals surface area contributed by atoms with Crippen molar-refractivity contribution in [2.45, 2.75) is 50.7 Å². The Labute approximate surface area is 238 Å². The number of amidine groups is 1. The minimum absolute atomic E-state index is 0.0318. The Hall–Kier alpha value is -3.53. The van der Waals surface area contributed by atoms with E-state index in [9.17, 15) is 18.3 Å². The van der Waals surface area contributed by atoms with Crippen LogP contribution in [0.4, 0.5) is 0 Å². The molecule has 0 saturated carbocycles. The molecule has 0 bridgehead atoms. The topological polar surface area (TPSA) is 125 Å². The maximum Gasteiger partial charge on any atom is 0.243 e. The molecule has 3 aromatic rings. The Bertz CT molecular complexity index is 1370. The smallest absolute Gasteiger partial charge is 0.243 e. The van der Waals surface area contributed by atoms with Crippen LogP contribution in [-0.4, -0.2) is 61.9 Å². The maximum atomic E-state index is 13.6. The summed E-state index contributed by atoms with van der Waals surface area (Å²) in [7, 11) is -2.25. The number of nitrogens with zero attached hydrogens (tertiary/aromatic N) is 2. The van der Waals surface area contributed by atoms with Crippen LogP contribution in [0.3, 0.4) is 0 Å². The molecule has 40 heavy (non-hydrogen) atoms. The molecule has 0 heterocycles. The average Bonchev–Trinajstić information content (AvgIpc) is 2.92. The lowest BCUT2D eigenvalue weighted by atomic mass is 10.00. The van der Waals surface area contributed by atoms with Gasteiger partial charge < -0.3 is 16.2 Å². The third-order valence-electron chi connectivity index (χ3n) is 6.58. The molecular weight excluding hydrogens is 524 g/mol. The van der Waals surface area contributed by atoms with Gasteiger partial charge >= 0.3 is 0 Å². The Morgan fingerprint density at radius 3 is 2.15 bits per heavy atom. The monoisotopic (exact) mass is 564 g/mol. The second-order valence-corrected chi connectivity index (χ2v) is 12.4. The van der Waals surface area contributed by atoms with Gasteiger partial charge in [0.25, 0.3) is 0 Å². The van der Waals surface area contributed by atoms with Crippen LogP contribution >= 0.6 is 0 Å². The molecule has 0 aliphatic heterocycles. The molecule has 0 aliphatic carbocycles. The average molecular weight is 565 g/mol. The SMILES string of the molecule is CN=C(N)c1ccc(CC(=O)N[C@@H](Cc2ccccc2)[C@H](O)CN(CC(C)C)S(=O)(=O)c2ccc(C)cc2)cc1. The standard InChI is InChI=1S/C31H40N4O4S/c1-22(2)20-35(40(38,39)27-16-10-23(3)11-17-27)21-29(36)28(18-24-8-6-5-7-9-24)34-30(37)19-25-12-14-26(15-13-25)31(32)33-4/h5-17,22,28-29,36H,18-21H2,1-4H3,(H2,32,33)(H,34,37)/t28-,29+/m0/s1. The third kappa shape index (κ3) is 8.74. The van der Waals surface area contributed by atoms with Crippen LogP contribution < -0.4 is 11.1 Å². The number of carbonyl (C=O) groups is 1. The lowest BCUT2D eigenvalue weighted by molar-refractivity contribution is -0.122. The molecule has 0 radical (unpaired) electrons. The lowest BCUT2D eigenvalue weighted by Gasteiger charge is -2.31. The molecular formula is C31H40N4O4S. The van der Waals surface area contributed by atoms with Gasteiger partial charge in [0, 0.05) is 25.7 Å². The summed E-state index contributed by atoms with van der Waals surface area (Å²) in [5.74, 6) is 0.166. The number of aliphatic imine (C=N–C) groups is 1. The minimum Gasteiger partial charge on any atom is -0.390 e. The van der Waals surface area contributed by atoms with E-state index in [1.54, 1.807) is 43.4 Å². The van der Waals surface area contributed by atoms with Gasteiger partial charge in [0.2, 0.25) is 15.9 Å². The van der Waals surface area contributed by atoms with Crippen molar-refractivity contribution >= 4 is 21.8 Å². The van der Waals surface area contributed by atoms with E-state index in [0.29, 0.717) is 12.3 Å². The highest BCUT2D eigenvalue weighted by atomic mass is 32.2. The molecule has 9 heteroatoms. The van der Waals surface area contributed by atoms with Gasteiger partial charge in [-0.15, -0.1) is 0 Å². The van der Waals surface area contributed by atoms with Crippen molar-refractivity contribution in [1.82, 2.24) is 9.62 Å². The summed E-state index contributed by atoms with van der Waals surface area (Å²) < 4.78 is 28.4. The third-order valence-corrected chi connectivity index (χ3v) is 8.43. The molecule has 0 saturated heterocycles. The summed E-state index contributed by atoms with van der Waals surface area (Å²) in [6.07, 6.45) is -0.708. The highest BCUT2D eigenvalue weighted by Gasteiger charge is 2.31. The minimum atomic E-state index is -3.86. The first-order valence-corrected chi connectivity index (χ1v) is 14.8. The summed E-state index contributed by atoms with van der Waals surface area (Å²) in [6.45, 7) is 5.83. The number of benzene rings is 3. The Morgan fingerprint density at radius 1 is 0.950 bits per heavy atom. The van der Waals surface area contributed by atoms with Gasteiger partial charge in [-0.1, -0.05) is 86.1 Å². The number of amides is 1. The van der Waals surface area contributed by atoms with E-state index in [-0.39, 0.29) is 36.2 Å². The quantitative estimate of drug-likeness (QED) is 0.217. The zero-order chi connectivity index (χ0) is 29.3. The molecule has 4 N–H and O–H groups in total. The van der Waals surface area contributed by atoms with Gasteiger partial charge in [0.15, 0.2) is 0 Å². The van der Waals surface area contributed by atoms with E-state index in [0.717, 1.165) is 22.3 Å². The van der Waals surface area contributed by atoms with Gasteiger partial charge in [-0.2, -0.15) is 4.31 Å². The number of nitrogens with two attached hydrogens (primary N) is 1. The zero-order valence-corrected chi connectivity index (χ0v) is 24.4. The predicted octanol–water partition coefficient (Wildman–Crippen LogP) is 3.31. The summed E-state index contributed by atoms with van der Waals surface area (Å²) in [6, 6.07) is 22.7. The fourth-order valence-electron chi connectivity index (χ4n) is 4.39. The molecule has 3 rings (SSSR count). The zero-order valence-electron chi connectivity index (χ0n) is 23.6. The first-order chi connectivity index (χ1) is 19.0. The summed E-state index contributed by atoms with van der Waals surface area (Å²) in [5, 5.41) is 14.4. The van der Waals surface area contributed by atoms with Crippen LogP contribution in [0.2, 0.25) is 0 Å². The summed E-state index contributed by atoms with van der Waals surface area (Å²) in [5.41, 5.74) is 9.28. The molecule has 0 fully saturated rings. The van der Waals surface area contributed by atoms with E-state index >= 15 is 0 Å². The Morgan fingerprint density at radius 2 is 1.57 bits per heavy atom. The van der Waals surface area contributed by atoms with Gasteiger partial charge in [0.05, 0.1) is 23.5 Å². The number of aliphatic hydroxyl groups excluding tert-OH is 1. The number of aliphatic hydroxyl groups is 1. The van der Waals surface area contributed by atoms with Crippen LogP contribution in [0.1, 0.15) is 36.1 Å². The summed E-state index contributed by atoms with van der Waals surface area (Å²) >= 11 is 0. The summed E-state index contributed by atoms with van der Waals surface area (Å²) in [4.78, 5) is 17.2. The van der Waals surface area contributed by atoms with Crippen molar-refractivity contribution in [1.29, 1.82) is 0 Å². The van der Waals surface area contributed by atoms with E-state index in [1.807, 2.05) is 63.2 Å². The number of aryl methyl sites for hydroxylation is 1. The van der Waals surface area contributed by atoms with Crippen LogP contribution in [0.25, 0.3) is 0 Å². The number of hydrogen-bond acceptors (Lipinski definition) is 5. The second kappa shape index (κ2) is 14.2. The molecule has 0 aliphatic rings. The lowest BCUT2D eigenvalue weighted by Crippen LogP contribution is -2.51. The number of sulfonamides is 1. The molecule has 0 unspecified atom stereocenters. The fourth-order valence-corrected chi connectivity index (χ4v) is 6.01. The van der Waals surface area contributed by atoms with E-state index in [2.05, 4.69) is 10.3 Å². The number of hydrogen-bond donors (Lipinski definition) is 3. The fraction of sp³-hybridized carbons (Fsp3) is 0.355. The molecule has 1 amide bonds. The van der Waals surface area contributed by atoms with Crippen LogP contribution in [0.15, 0.2) is 88.8 Å². The van der Waals surface area contributed by atoms with Crippen LogP contribution in [-0.2, 0) is 27.7 Å². The van der Waals surface area contributed by atoms with E-state index in [4.69, 9.17) is 5.73 Å². The maximum absolute atomic E-state index is 13.6. The highest BCUT2D eigenvalue weighted by molar-refractivity contribution is 7.89. The van der Waals surface area contributed by atoms with Crippen molar-refractivity contribution in [2.75, 3.05) is 20.1 Å². The highest BCUT2D eigenvalue weighted by Crippen LogP contribution is 2.20. The van der Waals surface area contributed by atoms with Gasteiger partial charge in [-0.05, 0) is 42.5 Å². The molecule has 0 aromatic heterocycles. The van der Waals surface area contributed by atoms with Crippen LogP contribution in [0.5, 0.6) is 0 Å². The molecule has 3 aromatic carbocycles. The number of nitrogens with one attached hydrogen (secondary N) is 1. The van der Waals surface area contributed by atoms with Crippen molar-refractivity contribution in [3.63, 3.8) is 0 Å². The largest absolute Gasteiger partial charge is 0.390 e. The van der Waals surface area contributed by atoms with E-state index < -0.39 is 22.2 Å². The van der Waals surface area contributed by atoms with Gasteiger partial charge in [-0.25, -0.2) is 8.42 Å². The van der Waals surface area contributed by atoms with Crippen LogP contribution in [0, 0.1) is 12.8 Å². The normalized spacial score (nSPS) is 13.8. The Balaban J connectivity index is 1.82. The van der Waals surface area contributed by atoms with Gasteiger partial charge in [-0.3, -0.25) is 9.79 Å². The molecule has 214 valence electrons. The van der Waals surface area contributed by atoms with E-state index in [1.165, 1.54) is 4.31 Å². The van der Waals surface area contributed by atoms with Gasteiger partial charge in [0.1, 0.15) is 5.84 Å². The number of rotatable bonds is 13. The first-order valence-electron chi connectivity index (χ1n) is 13.4. The van der Waals surface area contributed by atoms with Crippen molar-refractivity contribution in [3.8, 4) is 0 Å². The first kappa shape index (κ1) is 31.0. The molecule has 0 spiro atoms. The number of carbonyl (C=O) groups excluding carboxylic acids is 1. The molecule has 2 atom stereocenters.